The quantitative estimate of drug-likeness (QED) is 0.690. The van der Waals surface area contributed by atoms with Gasteiger partial charge in [-0.3, -0.25) is 9.59 Å². The Bertz CT molecular complexity index is 670. The maximum atomic E-state index is 11.9. The number of aryl methyl sites for hydroxylation is 2. The van der Waals surface area contributed by atoms with Crippen LogP contribution in [-0.2, 0) is 9.59 Å². The van der Waals surface area contributed by atoms with Crippen LogP contribution in [0.1, 0.15) is 24.0 Å². The van der Waals surface area contributed by atoms with Crippen LogP contribution in [0, 0.1) is 13.8 Å². The fourth-order valence-corrected chi connectivity index (χ4v) is 3.19. The zero-order chi connectivity index (χ0) is 18.1. The van der Waals surface area contributed by atoms with Crippen molar-refractivity contribution in [1.29, 1.82) is 0 Å². The molecule has 0 saturated heterocycles. The lowest BCUT2D eigenvalue weighted by Crippen LogP contribution is -2.14. The summed E-state index contributed by atoms with van der Waals surface area (Å²) in [4.78, 5) is 23.8. The molecule has 2 aromatic rings. The first-order valence-electron chi connectivity index (χ1n) is 8.34. The van der Waals surface area contributed by atoms with Crippen molar-refractivity contribution >= 4 is 35.0 Å². The number of carbonyl (C=O) groups excluding carboxylic acids is 2. The Hall–Kier alpha value is -2.27. The van der Waals surface area contributed by atoms with Crippen molar-refractivity contribution in [3.63, 3.8) is 0 Å². The highest BCUT2D eigenvalue weighted by atomic mass is 32.2. The molecule has 2 N–H and O–H groups in total. The van der Waals surface area contributed by atoms with Crippen molar-refractivity contribution in [1.82, 2.24) is 0 Å². The number of nitrogens with one attached hydrogen (secondary N) is 2. The first-order valence-corrected chi connectivity index (χ1v) is 9.49. The summed E-state index contributed by atoms with van der Waals surface area (Å²) in [6, 6.07) is 15.5. The Morgan fingerprint density at radius 3 is 1.64 bits per heavy atom. The molecule has 0 fully saturated rings. The number of rotatable bonds is 8. The summed E-state index contributed by atoms with van der Waals surface area (Å²) in [5.41, 5.74) is 3.89. The number of carbonyl (C=O) groups is 2. The summed E-state index contributed by atoms with van der Waals surface area (Å²) < 4.78 is 0. The van der Waals surface area contributed by atoms with Gasteiger partial charge < -0.3 is 10.6 Å². The van der Waals surface area contributed by atoms with Crippen molar-refractivity contribution in [3.8, 4) is 0 Å². The highest BCUT2D eigenvalue weighted by Gasteiger charge is 2.05. The topological polar surface area (TPSA) is 58.2 Å². The molecule has 0 aliphatic rings. The van der Waals surface area contributed by atoms with Crippen LogP contribution in [0.4, 0.5) is 11.4 Å². The SMILES string of the molecule is Cc1cccc(NC(=O)CCSCCC(=O)Nc2cccc(C)c2)c1. The molecule has 5 heteroatoms. The lowest BCUT2D eigenvalue weighted by Gasteiger charge is -2.07. The largest absolute Gasteiger partial charge is 0.326 e. The van der Waals surface area contributed by atoms with E-state index in [0.717, 1.165) is 22.5 Å². The van der Waals surface area contributed by atoms with E-state index in [9.17, 15) is 9.59 Å². The van der Waals surface area contributed by atoms with Gasteiger partial charge in [0.05, 0.1) is 0 Å². The van der Waals surface area contributed by atoms with Gasteiger partial charge in [-0.2, -0.15) is 11.8 Å². The molecule has 2 rings (SSSR count). The molecule has 4 nitrogen and oxygen atoms in total. The molecule has 25 heavy (non-hydrogen) atoms. The molecule has 0 aromatic heterocycles. The molecular weight excluding hydrogens is 332 g/mol. The van der Waals surface area contributed by atoms with E-state index in [1.807, 2.05) is 62.4 Å². The summed E-state index contributed by atoms with van der Waals surface area (Å²) in [6.45, 7) is 3.99. The van der Waals surface area contributed by atoms with Crippen LogP contribution in [0.2, 0.25) is 0 Å². The number of anilines is 2. The molecule has 0 spiro atoms. The summed E-state index contributed by atoms with van der Waals surface area (Å²) >= 11 is 1.62. The van der Waals surface area contributed by atoms with Gasteiger partial charge in [0.2, 0.25) is 11.8 Å². The van der Waals surface area contributed by atoms with E-state index in [0.29, 0.717) is 24.3 Å². The number of amides is 2. The molecule has 0 aliphatic heterocycles. The molecule has 0 heterocycles. The van der Waals surface area contributed by atoms with Crippen molar-refractivity contribution in [2.24, 2.45) is 0 Å². The smallest absolute Gasteiger partial charge is 0.225 e. The van der Waals surface area contributed by atoms with Crippen molar-refractivity contribution < 1.29 is 9.59 Å². The molecule has 0 unspecified atom stereocenters. The van der Waals surface area contributed by atoms with Gasteiger partial charge in [-0.05, 0) is 49.2 Å². The maximum Gasteiger partial charge on any atom is 0.225 e. The Morgan fingerprint density at radius 1 is 0.800 bits per heavy atom. The second kappa shape index (κ2) is 9.89. The van der Waals surface area contributed by atoms with E-state index in [1.54, 1.807) is 11.8 Å². The van der Waals surface area contributed by atoms with E-state index in [1.165, 1.54) is 0 Å². The van der Waals surface area contributed by atoms with Crippen LogP contribution in [0.3, 0.4) is 0 Å². The van der Waals surface area contributed by atoms with Gasteiger partial charge in [0.25, 0.3) is 0 Å². The summed E-state index contributed by atoms with van der Waals surface area (Å²) in [7, 11) is 0. The van der Waals surface area contributed by atoms with Crippen LogP contribution >= 0.6 is 11.8 Å². The number of benzene rings is 2. The molecule has 0 radical (unpaired) electrons. The van der Waals surface area contributed by atoms with Gasteiger partial charge in [-0.25, -0.2) is 0 Å². The lowest BCUT2D eigenvalue weighted by atomic mass is 10.2. The van der Waals surface area contributed by atoms with E-state index in [-0.39, 0.29) is 11.8 Å². The Balaban J connectivity index is 1.59. The lowest BCUT2D eigenvalue weighted by molar-refractivity contribution is -0.116. The highest BCUT2D eigenvalue weighted by molar-refractivity contribution is 7.99. The Morgan fingerprint density at radius 2 is 1.24 bits per heavy atom. The minimum Gasteiger partial charge on any atom is -0.326 e. The van der Waals surface area contributed by atoms with Crippen molar-refractivity contribution in [3.05, 3.63) is 59.7 Å². The predicted octanol–water partition coefficient (Wildman–Crippen LogP) is 4.39. The molecule has 2 amide bonds. The van der Waals surface area contributed by atoms with Crippen molar-refractivity contribution in [2.45, 2.75) is 26.7 Å². The number of hydrogen-bond acceptors (Lipinski definition) is 3. The first-order chi connectivity index (χ1) is 12.0. The van der Waals surface area contributed by atoms with Gasteiger partial charge in [0.1, 0.15) is 0 Å². The van der Waals surface area contributed by atoms with Crippen LogP contribution in [0.5, 0.6) is 0 Å². The first kappa shape index (κ1) is 19.1. The van der Waals surface area contributed by atoms with Crippen molar-refractivity contribution in [2.75, 3.05) is 22.1 Å². The second-order valence-corrected chi connectivity index (χ2v) is 7.17. The fraction of sp³-hybridized carbons (Fsp3) is 0.300. The van der Waals surface area contributed by atoms with Gasteiger partial charge >= 0.3 is 0 Å². The third-order valence-corrected chi connectivity index (χ3v) is 4.54. The third-order valence-electron chi connectivity index (χ3n) is 3.55. The summed E-state index contributed by atoms with van der Waals surface area (Å²) in [6.07, 6.45) is 0.885. The van der Waals surface area contributed by atoms with E-state index < -0.39 is 0 Å². The summed E-state index contributed by atoms with van der Waals surface area (Å²) in [5.74, 6) is 1.41. The molecule has 0 saturated carbocycles. The molecule has 0 bridgehead atoms. The zero-order valence-corrected chi connectivity index (χ0v) is 15.5. The molecular formula is C20H24N2O2S. The minimum absolute atomic E-state index is 0.00214. The van der Waals surface area contributed by atoms with E-state index >= 15 is 0 Å². The molecule has 2 aromatic carbocycles. The zero-order valence-electron chi connectivity index (χ0n) is 14.7. The molecule has 132 valence electrons. The average molecular weight is 356 g/mol. The standard InChI is InChI=1S/C20H24N2O2S/c1-15-5-3-7-17(13-15)21-19(23)9-11-25-12-10-20(24)22-18-8-4-6-16(2)14-18/h3-8,13-14H,9-12H2,1-2H3,(H,21,23)(H,22,24). The monoisotopic (exact) mass is 356 g/mol. The van der Waals surface area contributed by atoms with Gasteiger partial charge in [-0.15, -0.1) is 0 Å². The van der Waals surface area contributed by atoms with Gasteiger partial charge in [0.15, 0.2) is 0 Å². The average Bonchev–Trinajstić information content (AvgIpc) is 2.54. The second-order valence-electron chi connectivity index (χ2n) is 5.95. The third kappa shape index (κ3) is 7.44. The predicted molar refractivity (Wildman–Crippen MR) is 106 cm³/mol. The normalized spacial score (nSPS) is 10.3. The number of hydrogen-bond donors (Lipinski definition) is 2. The van der Waals surface area contributed by atoms with Crippen LogP contribution in [0.15, 0.2) is 48.5 Å². The van der Waals surface area contributed by atoms with Crippen LogP contribution in [0.25, 0.3) is 0 Å². The maximum absolute atomic E-state index is 11.9. The van der Waals surface area contributed by atoms with Gasteiger partial charge in [0, 0.05) is 35.7 Å². The Kier molecular flexibility index (Phi) is 7.54. The molecule has 0 atom stereocenters. The van der Waals surface area contributed by atoms with E-state index in [4.69, 9.17) is 0 Å². The Labute approximate surface area is 153 Å². The van der Waals surface area contributed by atoms with Gasteiger partial charge in [-0.1, -0.05) is 24.3 Å². The fourth-order valence-electron chi connectivity index (χ4n) is 2.32. The summed E-state index contributed by atoms with van der Waals surface area (Å²) in [5, 5.41) is 5.78. The number of thioether (sulfide) groups is 1. The minimum atomic E-state index is 0.00214. The highest BCUT2D eigenvalue weighted by Crippen LogP contribution is 2.13. The van der Waals surface area contributed by atoms with Crippen LogP contribution < -0.4 is 10.6 Å². The molecule has 0 aliphatic carbocycles. The van der Waals surface area contributed by atoms with Crippen LogP contribution in [-0.4, -0.2) is 23.3 Å². The van der Waals surface area contributed by atoms with E-state index in [2.05, 4.69) is 10.6 Å².